The smallest absolute Gasteiger partial charge is 0.337 e. The van der Waals surface area contributed by atoms with Crippen LogP contribution in [0.15, 0.2) is 83.3 Å². The van der Waals surface area contributed by atoms with E-state index in [2.05, 4.69) is 15.9 Å². The fourth-order valence-corrected chi connectivity index (χ4v) is 4.25. The van der Waals surface area contributed by atoms with E-state index in [-0.39, 0.29) is 10.6 Å². The number of benzene rings is 3. The maximum atomic E-state index is 11.6. The van der Waals surface area contributed by atoms with Crippen LogP contribution in [0.2, 0.25) is 5.02 Å². The van der Waals surface area contributed by atoms with Gasteiger partial charge in [-0.1, -0.05) is 48.0 Å². The molecule has 156 valence electrons. The van der Waals surface area contributed by atoms with E-state index in [0.717, 1.165) is 32.7 Å². The van der Waals surface area contributed by atoms with Gasteiger partial charge in [0.25, 0.3) is 0 Å². The predicted molar refractivity (Wildman–Crippen MR) is 126 cm³/mol. The van der Waals surface area contributed by atoms with Gasteiger partial charge in [-0.05, 0) is 70.9 Å². The average Bonchev–Trinajstić information content (AvgIpc) is 3.14. The van der Waals surface area contributed by atoms with Crippen molar-refractivity contribution in [2.75, 3.05) is 0 Å². The lowest BCUT2D eigenvalue weighted by atomic mass is 10.1. The maximum absolute atomic E-state index is 11.6. The average molecular weight is 497 g/mol. The van der Waals surface area contributed by atoms with Gasteiger partial charge in [0.05, 0.1) is 21.8 Å². The van der Waals surface area contributed by atoms with Crippen LogP contribution < -0.4 is 4.74 Å². The summed E-state index contributed by atoms with van der Waals surface area (Å²) in [6, 6.07) is 24.8. The van der Waals surface area contributed by atoms with E-state index in [1.54, 1.807) is 12.1 Å². The van der Waals surface area contributed by atoms with Gasteiger partial charge in [0.2, 0.25) is 0 Å². The number of carboxylic acid groups (broad SMARTS) is 1. The monoisotopic (exact) mass is 495 g/mol. The summed E-state index contributed by atoms with van der Waals surface area (Å²) in [4.78, 5) is 11.6. The van der Waals surface area contributed by atoms with E-state index in [9.17, 15) is 9.90 Å². The molecule has 0 unspecified atom stereocenters. The van der Waals surface area contributed by atoms with Crippen molar-refractivity contribution >= 4 is 33.5 Å². The number of ether oxygens (including phenoxy) is 1. The Morgan fingerprint density at radius 3 is 2.55 bits per heavy atom. The van der Waals surface area contributed by atoms with E-state index in [4.69, 9.17) is 16.3 Å². The second-order valence-electron chi connectivity index (χ2n) is 7.05. The quantitative estimate of drug-likeness (QED) is 0.308. The Kier molecular flexibility index (Phi) is 6.16. The van der Waals surface area contributed by atoms with Crippen molar-refractivity contribution in [3.8, 4) is 22.7 Å². The molecule has 0 amide bonds. The second-order valence-corrected chi connectivity index (χ2v) is 8.31. The third-order valence-electron chi connectivity index (χ3n) is 4.98. The Bertz CT molecular complexity index is 1250. The van der Waals surface area contributed by atoms with Gasteiger partial charge in [0, 0.05) is 15.9 Å². The summed E-state index contributed by atoms with van der Waals surface area (Å²) in [5.74, 6) is -0.337. The zero-order chi connectivity index (χ0) is 22.0. The summed E-state index contributed by atoms with van der Waals surface area (Å²) in [6.07, 6.45) is 0. The number of nitrogens with zero attached hydrogens (tertiary/aromatic N) is 1. The van der Waals surface area contributed by atoms with E-state index in [1.807, 2.05) is 78.2 Å². The van der Waals surface area contributed by atoms with Crippen LogP contribution in [0.4, 0.5) is 0 Å². The Labute approximate surface area is 193 Å². The van der Waals surface area contributed by atoms with Gasteiger partial charge in [-0.25, -0.2) is 4.79 Å². The first-order valence-corrected chi connectivity index (χ1v) is 10.8. The van der Waals surface area contributed by atoms with Gasteiger partial charge < -0.3 is 14.4 Å². The minimum absolute atomic E-state index is 0.0610. The van der Waals surface area contributed by atoms with Gasteiger partial charge in [0.15, 0.2) is 0 Å². The van der Waals surface area contributed by atoms with Crippen LogP contribution in [0.1, 0.15) is 21.6 Å². The van der Waals surface area contributed by atoms with Crippen LogP contribution in [-0.2, 0) is 6.61 Å². The van der Waals surface area contributed by atoms with E-state index < -0.39 is 5.97 Å². The molecular weight excluding hydrogens is 478 g/mol. The molecule has 0 fully saturated rings. The third kappa shape index (κ3) is 4.38. The SMILES string of the molecule is Cc1ccc(-c2c(Br)cccc2OCc2ccccc2)n1-c1ccc(Cl)c(C(=O)O)c1. The molecular formula is C25H19BrClNO3. The van der Waals surface area contributed by atoms with Crippen molar-refractivity contribution in [3.63, 3.8) is 0 Å². The first-order valence-electron chi connectivity index (χ1n) is 9.63. The van der Waals surface area contributed by atoms with Crippen LogP contribution in [0.3, 0.4) is 0 Å². The summed E-state index contributed by atoms with van der Waals surface area (Å²) < 4.78 is 9.06. The highest BCUT2D eigenvalue weighted by atomic mass is 79.9. The molecule has 4 rings (SSSR count). The van der Waals surface area contributed by atoms with Crippen molar-refractivity contribution in [3.05, 3.63) is 105 Å². The number of hydrogen-bond acceptors (Lipinski definition) is 2. The highest BCUT2D eigenvalue weighted by Crippen LogP contribution is 2.39. The zero-order valence-corrected chi connectivity index (χ0v) is 19.0. The van der Waals surface area contributed by atoms with Crippen molar-refractivity contribution in [2.24, 2.45) is 0 Å². The molecule has 31 heavy (non-hydrogen) atoms. The van der Waals surface area contributed by atoms with Crippen LogP contribution in [-0.4, -0.2) is 15.6 Å². The number of aromatic nitrogens is 1. The van der Waals surface area contributed by atoms with E-state index in [1.165, 1.54) is 0 Å². The summed E-state index contributed by atoms with van der Waals surface area (Å²) in [5.41, 5.74) is 4.57. The summed E-state index contributed by atoms with van der Waals surface area (Å²) in [6.45, 7) is 2.41. The van der Waals surface area contributed by atoms with Gasteiger partial charge in [-0.2, -0.15) is 0 Å². The molecule has 6 heteroatoms. The molecule has 0 saturated carbocycles. The number of halogens is 2. The molecule has 0 spiro atoms. The molecule has 0 aliphatic rings. The third-order valence-corrected chi connectivity index (χ3v) is 5.97. The summed E-state index contributed by atoms with van der Waals surface area (Å²) >= 11 is 9.75. The molecule has 1 aromatic heterocycles. The lowest BCUT2D eigenvalue weighted by Gasteiger charge is -2.17. The maximum Gasteiger partial charge on any atom is 0.337 e. The van der Waals surface area contributed by atoms with Crippen molar-refractivity contribution < 1.29 is 14.6 Å². The molecule has 4 aromatic rings. The number of aromatic carboxylic acids is 1. The van der Waals surface area contributed by atoms with Gasteiger partial charge in [0.1, 0.15) is 12.4 Å². The predicted octanol–water partition coefficient (Wildman–Crippen LogP) is 7.15. The van der Waals surface area contributed by atoms with E-state index >= 15 is 0 Å². The largest absolute Gasteiger partial charge is 0.488 e. The van der Waals surface area contributed by atoms with Crippen LogP contribution >= 0.6 is 27.5 Å². The standard InChI is InChI=1S/C25H19BrClNO3/c1-16-10-13-22(28(16)18-11-12-21(27)19(14-18)25(29)30)24-20(26)8-5-9-23(24)31-15-17-6-3-2-4-7-17/h2-14H,15H2,1H3,(H,29,30). The molecule has 0 bridgehead atoms. The minimum Gasteiger partial charge on any atom is -0.488 e. The van der Waals surface area contributed by atoms with Crippen molar-refractivity contribution in [1.82, 2.24) is 4.57 Å². The van der Waals surface area contributed by atoms with Crippen LogP contribution in [0, 0.1) is 6.92 Å². The van der Waals surface area contributed by atoms with Crippen molar-refractivity contribution in [2.45, 2.75) is 13.5 Å². The van der Waals surface area contributed by atoms with Gasteiger partial charge in [-0.3, -0.25) is 0 Å². The molecule has 1 heterocycles. The molecule has 3 aromatic carbocycles. The van der Waals surface area contributed by atoms with Gasteiger partial charge >= 0.3 is 5.97 Å². The number of rotatable bonds is 6. The fourth-order valence-electron chi connectivity index (χ4n) is 3.50. The lowest BCUT2D eigenvalue weighted by Crippen LogP contribution is -2.05. The first-order chi connectivity index (χ1) is 15.0. The number of hydrogen-bond donors (Lipinski definition) is 1. The Balaban J connectivity index is 1.80. The summed E-state index contributed by atoms with van der Waals surface area (Å²) in [5, 5.41) is 9.69. The Morgan fingerprint density at radius 1 is 1.03 bits per heavy atom. The highest BCUT2D eigenvalue weighted by Gasteiger charge is 2.19. The van der Waals surface area contributed by atoms with Crippen molar-refractivity contribution in [1.29, 1.82) is 0 Å². The molecule has 0 aliphatic heterocycles. The Hall–Kier alpha value is -3.02. The molecule has 1 N–H and O–H groups in total. The van der Waals surface area contributed by atoms with Crippen LogP contribution in [0.5, 0.6) is 5.75 Å². The first kappa shape index (κ1) is 21.2. The molecule has 0 atom stereocenters. The number of carbonyl (C=O) groups is 1. The molecule has 0 radical (unpaired) electrons. The lowest BCUT2D eigenvalue weighted by molar-refractivity contribution is 0.0697. The van der Waals surface area contributed by atoms with Gasteiger partial charge in [-0.15, -0.1) is 0 Å². The highest BCUT2D eigenvalue weighted by molar-refractivity contribution is 9.10. The zero-order valence-electron chi connectivity index (χ0n) is 16.7. The second kappa shape index (κ2) is 9.00. The topological polar surface area (TPSA) is 51.5 Å². The molecule has 0 aliphatic carbocycles. The summed E-state index contributed by atoms with van der Waals surface area (Å²) in [7, 11) is 0. The normalized spacial score (nSPS) is 10.8. The fraction of sp³-hybridized carbons (Fsp3) is 0.0800. The number of aryl methyl sites for hydroxylation is 1. The van der Waals surface area contributed by atoms with E-state index in [0.29, 0.717) is 12.3 Å². The van der Waals surface area contributed by atoms with Crippen LogP contribution in [0.25, 0.3) is 16.9 Å². The molecule has 0 saturated heterocycles. The number of carboxylic acids is 1. The Morgan fingerprint density at radius 2 is 1.81 bits per heavy atom. The minimum atomic E-state index is -1.06. The molecule has 4 nitrogen and oxygen atoms in total.